The summed E-state index contributed by atoms with van der Waals surface area (Å²) in [6, 6.07) is -0.245. The normalized spacial score (nSPS) is 25.2. The molecule has 1 amide bonds. The predicted octanol–water partition coefficient (Wildman–Crippen LogP) is 2.60. The first-order chi connectivity index (χ1) is 10.8. The minimum absolute atomic E-state index is 0.0167. The zero-order chi connectivity index (χ0) is 16.6. The van der Waals surface area contributed by atoms with Crippen LogP contribution in [0.25, 0.3) is 0 Å². The van der Waals surface area contributed by atoms with Crippen LogP contribution in [0, 0.1) is 5.92 Å². The Morgan fingerprint density at radius 1 is 1.48 bits per heavy atom. The highest BCUT2D eigenvalue weighted by Crippen LogP contribution is 2.33. The SMILES string of the molecule is CC1OCc2[nH]c(C(NC(=O)OC(C)(C)C)C3CCOC3)nc21. The number of alkyl carbamates (subject to hydrolysis) is 1. The van der Waals surface area contributed by atoms with Gasteiger partial charge in [0.05, 0.1) is 36.7 Å². The number of fused-ring (bicyclic) bond motifs is 1. The molecule has 2 aliphatic rings. The van der Waals surface area contributed by atoms with Gasteiger partial charge in [0.2, 0.25) is 0 Å². The molecule has 0 aromatic carbocycles. The second kappa shape index (κ2) is 6.13. The van der Waals surface area contributed by atoms with Crippen LogP contribution in [0.1, 0.15) is 63.5 Å². The average molecular weight is 323 g/mol. The van der Waals surface area contributed by atoms with Crippen molar-refractivity contribution >= 4 is 6.09 Å². The maximum Gasteiger partial charge on any atom is 0.408 e. The van der Waals surface area contributed by atoms with Crippen LogP contribution in [-0.2, 0) is 20.8 Å². The summed E-state index contributed by atoms with van der Waals surface area (Å²) in [7, 11) is 0. The molecule has 1 aromatic rings. The lowest BCUT2D eigenvalue weighted by atomic mass is 9.98. The predicted molar refractivity (Wildman–Crippen MR) is 82.8 cm³/mol. The van der Waals surface area contributed by atoms with Gasteiger partial charge < -0.3 is 24.5 Å². The number of ether oxygens (including phenoxy) is 3. The molecule has 2 aliphatic heterocycles. The van der Waals surface area contributed by atoms with Crippen molar-refractivity contribution in [1.82, 2.24) is 15.3 Å². The summed E-state index contributed by atoms with van der Waals surface area (Å²) >= 11 is 0. The van der Waals surface area contributed by atoms with Gasteiger partial charge in [0.15, 0.2) is 0 Å². The number of nitrogens with zero attached hydrogens (tertiary/aromatic N) is 1. The summed E-state index contributed by atoms with van der Waals surface area (Å²) in [5.41, 5.74) is 1.38. The molecule has 3 heterocycles. The number of aromatic amines is 1. The summed E-state index contributed by atoms with van der Waals surface area (Å²) in [5.74, 6) is 0.941. The molecule has 23 heavy (non-hydrogen) atoms. The molecule has 128 valence electrons. The molecule has 0 saturated carbocycles. The molecule has 1 saturated heterocycles. The Balaban J connectivity index is 1.78. The molecule has 3 atom stereocenters. The van der Waals surface area contributed by atoms with Gasteiger partial charge in [-0.25, -0.2) is 9.78 Å². The molecule has 0 bridgehead atoms. The third-order valence-electron chi connectivity index (χ3n) is 4.09. The topological polar surface area (TPSA) is 85.5 Å². The number of aromatic nitrogens is 2. The Morgan fingerprint density at radius 3 is 2.87 bits per heavy atom. The van der Waals surface area contributed by atoms with Gasteiger partial charge in [-0.3, -0.25) is 0 Å². The van der Waals surface area contributed by atoms with Gasteiger partial charge in [0.1, 0.15) is 11.4 Å². The first-order valence-electron chi connectivity index (χ1n) is 8.11. The monoisotopic (exact) mass is 323 g/mol. The first kappa shape index (κ1) is 16.3. The molecule has 1 fully saturated rings. The summed E-state index contributed by atoms with van der Waals surface area (Å²) in [4.78, 5) is 20.2. The molecular weight excluding hydrogens is 298 g/mol. The number of hydrogen-bond donors (Lipinski definition) is 2. The van der Waals surface area contributed by atoms with Gasteiger partial charge in [-0.15, -0.1) is 0 Å². The van der Waals surface area contributed by atoms with E-state index in [1.54, 1.807) is 0 Å². The zero-order valence-corrected chi connectivity index (χ0v) is 14.1. The van der Waals surface area contributed by atoms with E-state index in [0.717, 1.165) is 23.6 Å². The van der Waals surface area contributed by atoms with Crippen LogP contribution in [0.2, 0.25) is 0 Å². The van der Waals surface area contributed by atoms with Crippen LogP contribution in [-0.4, -0.2) is 34.9 Å². The van der Waals surface area contributed by atoms with E-state index in [1.807, 2.05) is 27.7 Å². The van der Waals surface area contributed by atoms with Gasteiger partial charge in [-0.05, 0) is 34.1 Å². The Hall–Kier alpha value is -1.60. The number of carbonyl (C=O) groups excluding carboxylic acids is 1. The van der Waals surface area contributed by atoms with Crippen molar-refractivity contribution in [2.45, 2.75) is 58.5 Å². The summed E-state index contributed by atoms with van der Waals surface area (Å²) in [6.07, 6.45) is 0.435. The molecule has 0 radical (unpaired) electrons. The van der Waals surface area contributed by atoms with Crippen molar-refractivity contribution in [3.63, 3.8) is 0 Å². The quantitative estimate of drug-likeness (QED) is 0.893. The van der Waals surface area contributed by atoms with E-state index >= 15 is 0 Å². The third-order valence-corrected chi connectivity index (χ3v) is 4.09. The highest BCUT2D eigenvalue weighted by Gasteiger charge is 2.34. The molecule has 1 aromatic heterocycles. The summed E-state index contributed by atoms with van der Waals surface area (Å²) < 4.78 is 16.4. The van der Waals surface area contributed by atoms with Crippen LogP contribution < -0.4 is 5.32 Å². The maximum absolute atomic E-state index is 12.2. The standard InChI is InChI=1S/C16H25N3O4/c1-9-12-11(8-22-9)17-14(18-12)13(10-5-6-21-7-10)19-15(20)23-16(2,3)4/h9-10,13H,5-8H2,1-4H3,(H,17,18)(H,19,20). The Morgan fingerprint density at radius 2 is 2.26 bits per heavy atom. The number of hydrogen-bond acceptors (Lipinski definition) is 5. The molecule has 0 spiro atoms. The highest BCUT2D eigenvalue weighted by atomic mass is 16.6. The van der Waals surface area contributed by atoms with Crippen molar-refractivity contribution in [3.8, 4) is 0 Å². The summed E-state index contributed by atoms with van der Waals surface area (Å²) in [5, 5.41) is 2.96. The highest BCUT2D eigenvalue weighted by molar-refractivity contribution is 5.68. The van der Waals surface area contributed by atoms with E-state index in [-0.39, 0.29) is 18.1 Å². The fourth-order valence-corrected chi connectivity index (χ4v) is 2.98. The summed E-state index contributed by atoms with van der Waals surface area (Å²) in [6.45, 7) is 9.37. The second-order valence-electron chi connectivity index (χ2n) is 7.19. The van der Waals surface area contributed by atoms with Gasteiger partial charge in [0, 0.05) is 12.5 Å². The molecule has 3 rings (SSSR count). The third kappa shape index (κ3) is 3.67. The maximum atomic E-state index is 12.2. The van der Waals surface area contributed by atoms with E-state index in [2.05, 4.69) is 15.3 Å². The number of rotatable bonds is 3. The number of carbonyl (C=O) groups is 1. The Kier molecular flexibility index (Phi) is 4.33. The lowest BCUT2D eigenvalue weighted by Gasteiger charge is -2.25. The Labute approximate surface area is 136 Å². The average Bonchev–Trinajstić information content (AvgIpc) is 3.13. The van der Waals surface area contributed by atoms with Crippen molar-refractivity contribution in [2.75, 3.05) is 13.2 Å². The minimum Gasteiger partial charge on any atom is -0.444 e. The lowest BCUT2D eigenvalue weighted by Crippen LogP contribution is -2.38. The number of H-pyrrole nitrogens is 1. The van der Waals surface area contributed by atoms with Crippen LogP contribution in [0.15, 0.2) is 0 Å². The van der Waals surface area contributed by atoms with Crippen molar-refractivity contribution < 1.29 is 19.0 Å². The van der Waals surface area contributed by atoms with E-state index in [1.165, 1.54) is 0 Å². The molecule has 7 heteroatoms. The second-order valence-corrected chi connectivity index (χ2v) is 7.19. The van der Waals surface area contributed by atoms with E-state index in [9.17, 15) is 4.79 Å². The van der Waals surface area contributed by atoms with Gasteiger partial charge in [0.25, 0.3) is 0 Å². The number of imidazole rings is 1. The van der Waals surface area contributed by atoms with Crippen molar-refractivity contribution in [2.24, 2.45) is 5.92 Å². The van der Waals surface area contributed by atoms with Crippen molar-refractivity contribution in [3.05, 3.63) is 17.2 Å². The van der Waals surface area contributed by atoms with Gasteiger partial charge in [-0.2, -0.15) is 0 Å². The van der Waals surface area contributed by atoms with E-state index in [0.29, 0.717) is 19.8 Å². The van der Waals surface area contributed by atoms with Crippen LogP contribution in [0.5, 0.6) is 0 Å². The fraction of sp³-hybridized carbons (Fsp3) is 0.750. The molecular formula is C16H25N3O4. The number of amides is 1. The van der Waals surface area contributed by atoms with Gasteiger partial charge >= 0.3 is 6.09 Å². The van der Waals surface area contributed by atoms with Crippen LogP contribution in [0.4, 0.5) is 4.79 Å². The van der Waals surface area contributed by atoms with E-state index in [4.69, 9.17) is 14.2 Å². The zero-order valence-electron chi connectivity index (χ0n) is 14.1. The first-order valence-corrected chi connectivity index (χ1v) is 8.11. The molecule has 3 unspecified atom stereocenters. The molecule has 2 N–H and O–H groups in total. The molecule has 0 aliphatic carbocycles. The van der Waals surface area contributed by atoms with Crippen LogP contribution >= 0.6 is 0 Å². The van der Waals surface area contributed by atoms with Crippen LogP contribution in [0.3, 0.4) is 0 Å². The Bertz CT molecular complexity index is 572. The lowest BCUT2D eigenvalue weighted by molar-refractivity contribution is 0.0476. The largest absolute Gasteiger partial charge is 0.444 e. The van der Waals surface area contributed by atoms with Gasteiger partial charge in [-0.1, -0.05) is 0 Å². The molecule has 7 nitrogen and oxygen atoms in total. The number of nitrogens with one attached hydrogen (secondary N) is 2. The smallest absolute Gasteiger partial charge is 0.408 e. The minimum atomic E-state index is -0.534. The fourth-order valence-electron chi connectivity index (χ4n) is 2.98. The van der Waals surface area contributed by atoms with E-state index < -0.39 is 11.7 Å². The van der Waals surface area contributed by atoms with Crippen molar-refractivity contribution in [1.29, 1.82) is 0 Å².